The fourth-order valence-electron chi connectivity index (χ4n) is 4.19. The number of carbonyl (C=O) groups is 2. The number of amides is 2. The van der Waals surface area contributed by atoms with Crippen molar-refractivity contribution in [2.24, 2.45) is 0 Å². The second kappa shape index (κ2) is 10.9. The lowest BCUT2D eigenvalue weighted by Gasteiger charge is -2.34. The predicted molar refractivity (Wildman–Crippen MR) is 142 cm³/mol. The molecule has 10 heteroatoms. The Morgan fingerprint density at radius 3 is 2.47 bits per heavy atom. The molecule has 1 unspecified atom stereocenters. The number of fused-ring (bicyclic) bond motifs is 1. The minimum absolute atomic E-state index is 0.193. The van der Waals surface area contributed by atoms with Crippen LogP contribution >= 0.6 is 0 Å². The van der Waals surface area contributed by atoms with Gasteiger partial charge in [0.2, 0.25) is 11.8 Å². The van der Waals surface area contributed by atoms with Crippen LogP contribution in [0.5, 0.6) is 11.5 Å². The lowest BCUT2D eigenvalue weighted by molar-refractivity contribution is -0.128. The topological polar surface area (TPSA) is 98.6 Å². The molecule has 9 nitrogen and oxygen atoms in total. The van der Waals surface area contributed by atoms with Gasteiger partial charge in [0.1, 0.15) is 35.4 Å². The maximum absolute atomic E-state index is 14.5. The number of methoxy groups -OCH3 is 2. The molecule has 3 aromatic carbocycles. The number of aromatic nitrogens is 3. The molecule has 1 aromatic heterocycles. The van der Waals surface area contributed by atoms with Crippen LogP contribution in [0.25, 0.3) is 11.0 Å². The normalized spacial score (nSPS) is 12.2. The van der Waals surface area contributed by atoms with Crippen LogP contribution in [0.4, 0.5) is 10.1 Å². The first-order valence-corrected chi connectivity index (χ1v) is 12.0. The van der Waals surface area contributed by atoms with Gasteiger partial charge in [-0.1, -0.05) is 23.4 Å². The number of para-hydroxylation sites is 1. The highest BCUT2D eigenvalue weighted by Gasteiger charge is 2.37. The lowest BCUT2D eigenvalue weighted by atomic mass is 9.99. The average molecular weight is 520 g/mol. The number of halogens is 1. The quantitative estimate of drug-likeness (QED) is 0.373. The SMILES string of the molecule is COc1ccc(OC)c(C(C(=O)NC(C)(C)C)N(C(=O)Cn2nnc3ccccc32)c2cccc(F)c2)c1. The van der Waals surface area contributed by atoms with E-state index in [4.69, 9.17) is 9.47 Å². The van der Waals surface area contributed by atoms with E-state index in [-0.39, 0.29) is 12.2 Å². The van der Waals surface area contributed by atoms with Crippen LogP contribution in [-0.2, 0) is 16.1 Å². The van der Waals surface area contributed by atoms with Crippen LogP contribution in [0.2, 0.25) is 0 Å². The number of rotatable bonds is 8. The first kappa shape index (κ1) is 26.6. The molecule has 0 radical (unpaired) electrons. The van der Waals surface area contributed by atoms with E-state index in [0.29, 0.717) is 28.1 Å². The number of nitrogens with zero attached hydrogens (tertiary/aromatic N) is 4. The standard InChI is InChI=1S/C28H30FN5O4/c1-28(2,3)30-27(36)26(21-16-20(37-4)13-14-24(21)38-5)34(19-10-8-9-18(29)15-19)25(35)17-33-23-12-7-6-11-22(23)31-32-33/h6-16,26H,17H2,1-5H3,(H,30,36). The molecule has 0 bridgehead atoms. The molecular formula is C28H30FN5O4. The minimum atomic E-state index is -1.23. The Labute approximate surface area is 220 Å². The van der Waals surface area contributed by atoms with E-state index in [0.717, 1.165) is 0 Å². The van der Waals surface area contributed by atoms with E-state index in [1.165, 1.54) is 42.0 Å². The van der Waals surface area contributed by atoms with Gasteiger partial charge < -0.3 is 14.8 Å². The fraction of sp³-hybridized carbons (Fsp3) is 0.286. The summed E-state index contributed by atoms with van der Waals surface area (Å²) in [6, 6.07) is 16.5. The van der Waals surface area contributed by atoms with Crippen LogP contribution in [0.3, 0.4) is 0 Å². The molecule has 0 saturated heterocycles. The van der Waals surface area contributed by atoms with Crippen molar-refractivity contribution in [2.45, 2.75) is 38.9 Å². The summed E-state index contributed by atoms with van der Waals surface area (Å²) >= 11 is 0. The van der Waals surface area contributed by atoms with Gasteiger partial charge in [-0.25, -0.2) is 9.07 Å². The van der Waals surface area contributed by atoms with Gasteiger partial charge in [0.05, 0.1) is 19.7 Å². The van der Waals surface area contributed by atoms with Crippen LogP contribution < -0.4 is 19.7 Å². The Morgan fingerprint density at radius 1 is 1.03 bits per heavy atom. The molecule has 1 heterocycles. The third kappa shape index (κ3) is 5.74. The smallest absolute Gasteiger partial charge is 0.249 e. The summed E-state index contributed by atoms with van der Waals surface area (Å²) in [7, 11) is 2.97. The van der Waals surface area contributed by atoms with Gasteiger partial charge in [0.15, 0.2) is 0 Å². The summed E-state index contributed by atoms with van der Waals surface area (Å²) in [5, 5.41) is 11.2. The Kier molecular flexibility index (Phi) is 7.61. The molecule has 0 spiro atoms. The maximum atomic E-state index is 14.5. The molecule has 38 heavy (non-hydrogen) atoms. The summed E-state index contributed by atoms with van der Waals surface area (Å²) in [5.41, 5.74) is 1.21. The van der Waals surface area contributed by atoms with Crippen molar-refractivity contribution < 1.29 is 23.5 Å². The second-order valence-electron chi connectivity index (χ2n) is 9.73. The molecule has 0 aliphatic rings. The minimum Gasteiger partial charge on any atom is -0.497 e. The molecule has 1 atom stereocenters. The van der Waals surface area contributed by atoms with Crippen LogP contribution in [0, 0.1) is 5.82 Å². The second-order valence-corrected chi connectivity index (χ2v) is 9.73. The monoisotopic (exact) mass is 519 g/mol. The van der Waals surface area contributed by atoms with Gasteiger partial charge in [-0.3, -0.25) is 14.5 Å². The number of benzene rings is 3. The van der Waals surface area contributed by atoms with Crippen molar-refractivity contribution in [2.75, 3.05) is 19.1 Å². The van der Waals surface area contributed by atoms with Gasteiger partial charge in [-0.2, -0.15) is 0 Å². The van der Waals surface area contributed by atoms with E-state index in [2.05, 4.69) is 15.6 Å². The highest BCUT2D eigenvalue weighted by molar-refractivity contribution is 6.02. The van der Waals surface area contributed by atoms with Crippen molar-refractivity contribution in [3.05, 3.63) is 78.1 Å². The summed E-state index contributed by atoms with van der Waals surface area (Å²) in [6.07, 6.45) is 0. The molecule has 4 rings (SSSR count). The average Bonchev–Trinajstić information content (AvgIpc) is 3.28. The van der Waals surface area contributed by atoms with E-state index in [1.54, 1.807) is 36.4 Å². The Bertz CT molecular complexity index is 1460. The first-order chi connectivity index (χ1) is 18.1. The largest absolute Gasteiger partial charge is 0.497 e. The number of anilines is 1. The van der Waals surface area contributed by atoms with Gasteiger partial charge >= 0.3 is 0 Å². The molecular weight excluding hydrogens is 489 g/mol. The highest BCUT2D eigenvalue weighted by Crippen LogP contribution is 2.36. The number of hydrogen-bond acceptors (Lipinski definition) is 6. The molecule has 2 amide bonds. The number of hydrogen-bond donors (Lipinski definition) is 1. The summed E-state index contributed by atoms with van der Waals surface area (Å²) in [5.74, 6) is -0.724. The highest BCUT2D eigenvalue weighted by atomic mass is 19.1. The van der Waals surface area contributed by atoms with Crippen LogP contribution in [0.15, 0.2) is 66.7 Å². The van der Waals surface area contributed by atoms with Crippen LogP contribution in [0.1, 0.15) is 32.4 Å². The van der Waals surface area contributed by atoms with E-state index < -0.39 is 29.2 Å². The Morgan fingerprint density at radius 2 is 1.79 bits per heavy atom. The molecule has 0 aliphatic heterocycles. The molecule has 0 saturated carbocycles. The zero-order chi connectivity index (χ0) is 27.4. The molecule has 0 aliphatic carbocycles. The van der Waals surface area contributed by atoms with Crippen molar-refractivity contribution in [3.63, 3.8) is 0 Å². The van der Waals surface area contributed by atoms with Crippen molar-refractivity contribution in [3.8, 4) is 11.5 Å². The third-order valence-corrected chi connectivity index (χ3v) is 5.80. The van der Waals surface area contributed by atoms with E-state index in [1.807, 2.05) is 32.9 Å². The summed E-state index contributed by atoms with van der Waals surface area (Å²) in [4.78, 5) is 29.2. The maximum Gasteiger partial charge on any atom is 0.249 e. The Hall–Kier alpha value is -4.47. The zero-order valence-corrected chi connectivity index (χ0v) is 21.9. The molecule has 4 aromatic rings. The first-order valence-electron chi connectivity index (χ1n) is 12.0. The molecule has 198 valence electrons. The number of carbonyl (C=O) groups excluding carboxylic acids is 2. The molecule has 0 fully saturated rings. The van der Waals surface area contributed by atoms with E-state index >= 15 is 0 Å². The van der Waals surface area contributed by atoms with Gasteiger partial charge in [0, 0.05) is 16.8 Å². The predicted octanol–water partition coefficient (Wildman–Crippen LogP) is 4.28. The van der Waals surface area contributed by atoms with E-state index in [9.17, 15) is 14.0 Å². The van der Waals surface area contributed by atoms with Crippen molar-refractivity contribution in [1.29, 1.82) is 0 Å². The number of ether oxygens (including phenoxy) is 2. The summed E-state index contributed by atoms with van der Waals surface area (Å²) in [6.45, 7) is 5.25. The van der Waals surface area contributed by atoms with Gasteiger partial charge in [0.25, 0.3) is 0 Å². The van der Waals surface area contributed by atoms with Gasteiger partial charge in [-0.15, -0.1) is 5.10 Å². The van der Waals surface area contributed by atoms with Gasteiger partial charge in [-0.05, 0) is 69.3 Å². The lowest BCUT2D eigenvalue weighted by Crippen LogP contribution is -2.50. The zero-order valence-electron chi connectivity index (χ0n) is 21.9. The molecule has 1 N–H and O–H groups in total. The summed E-state index contributed by atoms with van der Waals surface area (Å²) < 4.78 is 26.9. The fourth-order valence-corrected chi connectivity index (χ4v) is 4.19. The number of nitrogens with one attached hydrogen (secondary N) is 1. The van der Waals surface area contributed by atoms with Crippen molar-refractivity contribution in [1.82, 2.24) is 20.3 Å². The third-order valence-electron chi connectivity index (χ3n) is 5.80. The van der Waals surface area contributed by atoms with Crippen LogP contribution in [-0.4, -0.2) is 46.6 Å². The Balaban J connectivity index is 1.90. The van der Waals surface area contributed by atoms with Crippen molar-refractivity contribution >= 4 is 28.5 Å².